The summed E-state index contributed by atoms with van der Waals surface area (Å²) in [4.78, 5) is 7.21. The van der Waals surface area contributed by atoms with E-state index in [4.69, 9.17) is 9.72 Å². The second kappa shape index (κ2) is 7.07. The van der Waals surface area contributed by atoms with Crippen LogP contribution in [0.15, 0.2) is 36.8 Å². The highest BCUT2D eigenvalue weighted by Gasteiger charge is 2.39. The summed E-state index contributed by atoms with van der Waals surface area (Å²) in [7, 11) is 0. The fourth-order valence-electron chi connectivity index (χ4n) is 5.17. The van der Waals surface area contributed by atoms with Gasteiger partial charge >= 0.3 is 0 Å². The van der Waals surface area contributed by atoms with E-state index in [1.807, 2.05) is 25.4 Å². The van der Waals surface area contributed by atoms with Crippen LogP contribution < -0.4 is 9.64 Å². The van der Waals surface area contributed by atoms with Crippen LogP contribution in [0.5, 0.6) is 5.75 Å². The van der Waals surface area contributed by atoms with E-state index >= 15 is 0 Å². The van der Waals surface area contributed by atoms with Gasteiger partial charge in [-0.3, -0.25) is 0 Å². The van der Waals surface area contributed by atoms with Crippen molar-refractivity contribution in [3.63, 3.8) is 0 Å². The van der Waals surface area contributed by atoms with Crippen LogP contribution in [-0.2, 0) is 0 Å². The minimum absolute atomic E-state index is 0.550. The molecule has 1 aliphatic heterocycles. The molecule has 3 atom stereocenters. The van der Waals surface area contributed by atoms with Gasteiger partial charge in [0.25, 0.3) is 0 Å². The third kappa shape index (κ3) is 3.11. The number of pyridine rings is 2. The Morgan fingerprint density at radius 2 is 2.00 bits per heavy atom. The Morgan fingerprint density at radius 1 is 1.21 bits per heavy atom. The molecule has 0 spiro atoms. The van der Waals surface area contributed by atoms with Crippen LogP contribution in [0.1, 0.15) is 32.3 Å². The molecule has 3 aromatic rings. The van der Waals surface area contributed by atoms with E-state index in [2.05, 4.69) is 35.1 Å². The number of hydrogen-bond acceptors (Lipinski definition) is 5. The van der Waals surface area contributed by atoms with Crippen LogP contribution in [0, 0.1) is 29.1 Å². The van der Waals surface area contributed by atoms with Gasteiger partial charge in [0, 0.05) is 30.4 Å². The molecule has 0 aromatic carbocycles. The molecule has 1 saturated heterocycles. The van der Waals surface area contributed by atoms with Crippen LogP contribution in [0.2, 0.25) is 0 Å². The second-order valence-corrected chi connectivity index (χ2v) is 8.39. The van der Waals surface area contributed by atoms with Crippen molar-refractivity contribution in [1.82, 2.24) is 14.6 Å². The Hall–Kier alpha value is -3.07. The number of fused-ring (bicyclic) bond motifs is 2. The first-order valence-electron chi connectivity index (χ1n) is 10.4. The topological polar surface area (TPSA) is 66.5 Å². The normalized spacial score (nSPS) is 23.3. The molecule has 6 nitrogen and oxygen atoms in total. The average molecular weight is 387 g/mol. The summed E-state index contributed by atoms with van der Waals surface area (Å²) in [6, 6.07) is 8.41. The van der Waals surface area contributed by atoms with Gasteiger partial charge < -0.3 is 9.64 Å². The Morgan fingerprint density at radius 3 is 2.66 bits per heavy atom. The maximum Gasteiger partial charge on any atom is 0.138 e. The van der Waals surface area contributed by atoms with Crippen LogP contribution in [-0.4, -0.2) is 34.3 Å². The SMILES string of the molecule is CCOc1cc(-c2ccc(N3C[C@H]4CC(C)C[C@H]4C3)nc2)c2c(C#N)cnn2c1. The molecule has 2 aliphatic rings. The average Bonchev–Trinajstić information content (AvgIpc) is 3.40. The molecule has 0 amide bonds. The molecule has 1 saturated carbocycles. The molecule has 0 N–H and O–H groups in total. The van der Waals surface area contributed by atoms with Gasteiger partial charge in [0.1, 0.15) is 17.6 Å². The van der Waals surface area contributed by atoms with Crippen molar-refractivity contribution in [2.24, 2.45) is 17.8 Å². The summed E-state index contributed by atoms with van der Waals surface area (Å²) in [6.45, 7) is 7.14. The summed E-state index contributed by atoms with van der Waals surface area (Å²) in [5.41, 5.74) is 3.21. The van der Waals surface area contributed by atoms with Crippen LogP contribution in [0.3, 0.4) is 0 Å². The predicted octanol–water partition coefficient (Wildman–Crippen LogP) is 4.15. The molecular weight excluding hydrogens is 362 g/mol. The van der Waals surface area contributed by atoms with Crippen molar-refractivity contribution in [2.45, 2.75) is 26.7 Å². The van der Waals surface area contributed by atoms with Gasteiger partial charge in [0.05, 0.1) is 30.1 Å². The standard InChI is InChI=1S/C23H25N5O/c1-3-29-20-8-21(23-19(9-24)11-26-28(23)14-20)16-4-5-22(25-10-16)27-12-17-6-15(2)7-18(17)13-27/h4-5,8,10-11,14-15,17-18H,3,6-7,12-13H2,1-2H3/t15?,17-,18+. The van der Waals surface area contributed by atoms with E-state index in [0.717, 1.165) is 59.1 Å². The lowest BCUT2D eigenvalue weighted by Gasteiger charge is -2.19. The lowest BCUT2D eigenvalue weighted by Crippen LogP contribution is -2.22. The van der Waals surface area contributed by atoms with E-state index in [9.17, 15) is 5.26 Å². The van der Waals surface area contributed by atoms with E-state index < -0.39 is 0 Å². The summed E-state index contributed by atoms with van der Waals surface area (Å²) in [6.07, 6.45) is 8.01. The number of nitriles is 1. The van der Waals surface area contributed by atoms with Gasteiger partial charge in [-0.2, -0.15) is 10.4 Å². The molecule has 3 aromatic heterocycles. The van der Waals surface area contributed by atoms with Gasteiger partial charge in [-0.05, 0) is 55.7 Å². The highest BCUT2D eigenvalue weighted by Crippen LogP contribution is 2.42. The van der Waals surface area contributed by atoms with Crippen LogP contribution in [0.25, 0.3) is 16.6 Å². The zero-order valence-electron chi connectivity index (χ0n) is 16.9. The number of anilines is 1. The number of ether oxygens (including phenoxy) is 1. The number of hydrogen-bond donors (Lipinski definition) is 0. The Balaban J connectivity index is 1.48. The number of aromatic nitrogens is 3. The van der Waals surface area contributed by atoms with Crippen molar-refractivity contribution in [3.05, 3.63) is 42.4 Å². The smallest absolute Gasteiger partial charge is 0.138 e. The quantitative estimate of drug-likeness (QED) is 0.673. The predicted molar refractivity (Wildman–Crippen MR) is 112 cm³/mol. The molecule has 1 aliphatic carbocycles. The van der Waals surface area contributed by atoms with Gasteiger partial charge in [-0.1, -0.05) is 6.92 Å². The third-order valence-corrected chi connectivity index (χ3v) is 6.39. The zero-order valence-corrected chi connectivity index (χ0v) is 16.9. The summed E-state index contributed by atoms with van der Waals surface area (Å²) in [5, 5.41) is 13.8. The van der Waals surface area contributed by atoms with Crippen LogP contribution in [0.4, 0.5) is 5.82 Å². The zero-order chi connectivity index (χ0) is 20.0. The highest BCUT2D eigenvalue weighted by atomic mass is 16.5. The maximum absolute atomic E-state index is 9.50. The van der Waals surface area contributed by atoms with E-state index in [-0.39, 0.29) is 0 Å². The van der Waals surface area contributed by atoms with Crippen LogP contribution >= 0.6 is 0 Å². The lowest BCUT2D eigenvalue weighted by molar-refractivity contribution is 0.338. The van der Waals surface area contributed by atoms with Gasteiger partial charge in [-0.15, -0.1) is 0 Å². The first-order chi connectivity index (χ1) is 14.2. The lowest BCUT2D eigenvalue weighted by atomic mass is 10.0. The second-order valence-electron chi connectivity index (χ2n) is 8.39. The summed E-state index contributed by atoms with van der Waals surface area (Å²) in [5.74, 6) is 4.28. The maximum atomic E-state index is 9.50. The molecular formula is C23H25N5O. The van der Waals surface area contributed by atoms with Gasteiger partial charge in [0.2, 0.25) is 0 Å². The molecule has 2 fully saturated rings. The number of rotatable bonds is 4. The Labute approximate surface area is 170 Å². The van der Waals surface area contributed by atoms with E-state index in [1.165, 1.54) is 12.8 Å². The molecule has 0 bridgehead atoms. The van der Waals surface area contributed by atoms with Crippen molar-refractivity contribution in [1.29, 1.82) is 5.26 Å². The molecule has 6 heteroatoms. The molecule has 1 unspecified atom stereocenters. The monoisotopic (exact) mass is 387 g/mol. The molecule has 5 rings (SSSR count). The minimum Gasteiger partial charge on any atom is -0.492 e. The molecule has 4 heterocycles. The van der Waals surface area contributed by atoms with E-state index in [0.29, 0.717) is 12.2 Å². The van der Waals surface area contributed by atoms with E-state index in [1.54, 1.807) is 10.7 Å². The molecule has 29 heavy (non-hydrogen) atoms. The first-order valence-corrected chi connectivity index (χ1v) is 10.4. The Bertz CT molecular complexity index is 1070. The number of nitrogens with zero attached hydrogens (tertiary/aromatic N) is 5. The van der Waals surface area contributed by atoms with Crippen molar-refractivity contribution < 1.29 is 4.74 Å². The minimum atomic E-state index is 0.550. The summed E-state index contributed by atoms with van der Waals surface area (Å²) < 4.78 is 7.42. The largest absolute Gasteiger partial charge is 0.492 e. The van der Waals surface area contributed by atoms with Crippen molar-refractivity contribution in [3.8, 4) is 22.9 Å². The molecule has 0 radical (unpaired) electrons. The molecule has 148 valence electrons. The van der Waals surface area contributed by atoms with Crippen molar-refractivity contribution >= 4 is 11.3 Å². The summed E-state index contributed by atoms with van der Waals surface area (Å²) >= 11 is 0. The Kier molecular flexibility index (Phi) is 4.39. The highest BCUT2D eigenvalue weighted by molar-refractivity contribution is 5.85. The van der Waals surface area contributed by atoms with Gasteiger partial charge in [-0.25, -0.2) is 9.50 Å². The third-order valence-electron chi connectivity index (χ3n) is 6.39. The van der Waals surface area contributed by atoms with Crippen molar-refractivity contribution in [2.75, 3.05) is 24.6 Å². The van der Waals surface area contributed by atoms with Gasteiger partial charge in [0.15, 0.2) is 0 Å². The first kappa shape index (κ1) is 18.0. The fourth-order valence-corrected chi connectivity index (χ4v) is 5.17. The fraction of sp³-hybridized carbons (Fsp3) is 0.435.